The van der Waals surface area contributed by atoms with Gasteiger partial charge < -0.3 is 9.30 Å². The number of aromatic nitrogens is 4. The van der Waals surface area contributed by atoms with E-state index in [-0.39, 0.29) is 0 Å². The first-order chi connectivity index (χ1) is 24.7. The molecule has 6 aromatic carbocycles. The van der Waals surface area contributed by atoms with Crippen LogP contribution in [0.5, 0.6) is 5.88 Å². The molecular weight excluding hydrogens is 613 g/mol. The van der Waals surface area contributed by atoms with E-state index in [1.165, 1.54) is 48.7 Å². The van der Waals surface area contributed by atoms with E-state index >= 15 is 0 Å². The van der Waals surface area contributed by atoms with E-state index in [0.29, 0.717) is 5.88 Å². The quantitative estimate of drug-likeness (QED) is 0.131. The van der Waals surface area contributed by atoms with Crippen LogP contribution in [0.15, 0.2) is 182 Å². The minimum atomic E-state index is 0.660. The number of rotatable bonds is 1. The molecule has 50 heavy (non-hydrogen) atoms. The second-order valence-electron chi connectivity index (χ2n) is 11.7. The molecule has 0 bridgehead atoms. The van der Waals surface area contributed by atoms with Gasteiger partial charge in [-0.05, 0) is 47.9 Å². The minimum absolute atomic E-state index is 0.660. The van der Waals surface area contributed by atoms with Crippen LogP contribution in [0.4, 0.5) is 0 Å². The molecule has 4 aromatic heterocycles. The molecule has 0 unspecified atom stereocenters. The minimum Gasteiger partial charge on any atom is -0.481 e. The molecular formula is C45H36N4O. The lowest BCUT2D eigenvalue weighted by Gasteiger charge is -2.01. The third kappa shape index (κ3) is 6.98. The summed E-state index contributed by atoms with van der Waals surface area (Å²) in [5.41, 5.74) is 5.78. The second-order valence-corrected chi connectivity index (χ2v) is 11.7. The molecule has 0 spiro atoms. The summed E-state index contributed by atoms with van der Waals surface area (Å²) in [5.74, 6) is 0.660. The van der Waals surface area contributed by atoms with Crippen LogP contribution in [0.2, 0.25) is 0 Å². The van der Waals surface area contributed by atoms with Crippen molar-refractivity contribution < 1.29 is 4.74 Å². The maximum Gasteiger partial charge on any atom is 0.212 e. The SMILES string of the molecule is COc1ccccn1.Cn1c2ccccc2c2ccccc21.c1ccc2c(c1)cnc1ccccc12.c1ccc2nc3ccccc3cc2c1. The Labute approximate surface area is 291 Å². The Hall–Kier alpha value is -6.59. The van der Waals surface area contributed by atoms with Gasteiger partial charge in [-0.2, -0.15) is 0 Å². The summed E-state index contributed by atoms with van der Waals surface area (Å²) >= 11 is 0. The highest BCUT2D eigenvalue weighted by molar-refractivity contribution is 6.08. The zero-order valence-electron chi connectivity index (χ0n) is 28.0. The van der Waals surface area contributed by atoms with Crippen LogP contribution in [-0.4, -0.2) is 26.6 Å². The number of hydrogen-bond donors (Lipinski definition) is 0. The molecule has 5 heteroatoms. The Kier molecular flexibility index (Phi) is 9.66. The topological polar surface area (TPSA) is 52.8 Å². The van der Waals surface area contributed by atoms with Crippen molar-refractivity contribution in [2.24, 2.45) is 7.05 Å². The van der Waals surface area contributed by atoms with Crippen LogP contribution in [0.3, 0.4) is 0 Å². The first-order valence-electron chi connectivity index (χ1n) is 16.5. The van der Waals surface area contributed by atoms with Gasteiger partial charge in [0.25, 0.3) is 0 Å². The molecule has 0 fully saturated rings. The van der Waals surface area contributed by atoms with Crippen LogP contribution in [0, 0.1) is 0 Å². The summed E-state index contributed by atoms with van der Waals surface area (Å²) in [6, 6.07) is 57.7. The number of pyridine rings is 3. The van der Waals surface area contributed by atoms with Gasteiger partial charge in [0, 0.05) is 68.9 Å². The molecule has 10 rings (SSSR count). The molecule has 242 valence electrons. The molecule has 0 aliphatic rings. The van der Waals surface area contributed by atoms with E-state index in [1.807, 2.05) is 72.9 Å². The number of para-hydroxylation sites is 5. The van der Waals surface area contributed by atoms with Crippen LogP contribution >= 0.6 is 0 Å². The summed E-state index contributed by atoms with van der Waals surface area (Å²) < 4.78 is 7.04. The average molecular weight is 649 g/mol. The molecule has 4 heterocycles. The molecule has 0 saturated heterocycles. The molecule has 0 saturated carbocycles. The molecule has 0 aliphatic carbocycles. The van der Waals surface area contributed by atoms with E-state index < -0.39 is 0 Å². The first-order valence-corrected chi connectivity index (χ1v) is 16.5. The lowest BCUT2D eigenvalue weighted by Crippen LogP contribution is -1.84. The fourth-order valence-electron chi connectivity index (χ4n) is 6.11. The van der Waals surface area contributed by atoms with Gasteiger partial charge in [0.05, 0.1) is 23.7 Å². The first kappa shape index (κ1) is 32.0. The van der Waals surface area contributed by atoms with Gasteiger partial charge in [-0.15, -0.1) is 0 Å². The summed E-state index contributed by atoms with van der Waals surface area (Å²) in [6.07, 6.45) is 3.62. The molecule has 0 radical (unpaired) electrons. The van der Waals surface area contributed by atoms with Gasteiger partial charge in [0.1, 0.15) is 0 Å². The lowest BCUT2D eigenvalue weighted by molar-refractivity contribution is 0.398. The van der Waals surface area contributed by atoms with Crippen molar-refractivity contribution in [3.05, 3.63) is 182 Å². The Morgan fingerprint density at radius 3 is 1.48 bits per heavy atom. The van der Waals surface area contributed by atoms with Crippen molar-refractivity contribution in [3.8, 4) is 5.88 Å². The molecule has 0 N–H and O–H groups in total. The standard InChI is InChI=1S/C13H11N.2C13H9N.C6H7NO/c1-14-12-8-4-2-6-10(12)11-7-3-5-9-13(11)14;1-3-7-12-10(5-1)9-11-6-2-4-8-13(11)14-12;1-2-6-11-10(5-1)9-14-13-8-4-3-7-12(11)13;1-8-6-4-2-3-5-7-6/h2-9H,1H3;2*1-9H;2-5H,1H3. The van der Waals surface area contributed by atoms with Crippen LogP contribution in [-0.2, 0) is 7.05 Å². The highest BCUT2D eigenvalue weighted by Gasteiger charge is 2.05. The van der Waals surface area contributed by atoms with E-state index in [2.05, 4.69) is 124 Å². The number of nitrogens with zero attached hydrogens (tertiary/aromatic N) is 4. The van der Waals surface area contributed by atoms with Crippen LogP contribution in [0.25, 0.3) is 65.3 Å². The number of hydrogen-bond acceptors (Lipinski definition) is 4. The highest BCUT2D eigenvalue weighted by atomic mass is 16.5. The van der Waals surface area contributed by atoms with Crippen molar-refractivity contribution in [1.82, 2.24) is 19.5 Å². The predicted molar refractivity (Wildman–Crippen MR) is 210 cm³/mol. The Balaban J connectivity index is 0.000000107. The molecule has 5 nitrogen and oxygen atoms in total. The van der Waals surface area contributed by atoms with E-state index in [4.69, 9.17) is 4.74 Å². The Bertz CT molecular complexity index is 2440. The van der Waals surface area contributed by atoms with Gasteiger partial charge in [-0.25, -0.2) is 9.97 Å². The van der Waals surface area contributed by atoms with Gasteiger partial charge in [0.15, 0.2) is 0 Å². The number of methoxy groups -OCH3 is 1. The summed E-state index contributed by atoms with van der Waals surface area (Å²) in [7, 11) is 3.72. The number of benzene rings is 6. The van der Waals surface area contributed by atoms with Crippen molar-refractivity contribution in [2.45, 2.75) is 0 Å². The third-order valence-electron chi connectivity index (χ3n) is 8.59. The Morgan fingerprint density at radius 1 is 0.440 bits per heavy atom. The monoisotopic (exact) mass is 648 g/mol. The summed E-state index contributed by atoms with van der Waals surface area (Å²) in [4.78, 5) is 12.9. The molecule has 0 atom stereocenters. The largest absolute Gasteiger partial charge is 0.481 e. The zero-order valence-corrected chi connectivity index (χ0v) is 28.0. The lowest BCUT2D eigenvalue weighted by atomic mass is 10.1. The summed E-state index contributed by atoms with van der Waals surface area (Å²) in [6.45, 7) is 0. The Morgan fingerprint density at radius 2 is 0.920 bits per heavy atom. The summed E-state index contributed by atoms with van der Waals surface area (Å²) in [5, 5.41) is 8.78. The zero-order chi connectivity index (χ0) is 34.1. The van der Waals surface area contributed by atoms with E-state index in [9.17, 15) is 0 Å². The van der Waals surface area contributed by atoms with Gasteiger partial charge in [-0.3, -0.25) is 4.98 Å². The molecule has 10 aromatic rings. The van der Waals surface area contributed by atoms with Crippen LogP contribution in [0.1, 0.15) is 0 Å². The normalized spacial score (nSPS) is 10.6. The van der Waals surface area contributed by atoms with Gasteiger partial charge >= 0.3 is 0 Å². The van der Waals surface area contributed by atoms with Crippen molar-refractivity contribution in [2.75, 3.05) is 7.11 Å². The molecule has 0 aliphatic heterocycles. The fraction of sp³-hybridized carbons (Fsp3) is 0.0444. The van der Waals surface area contributed by atoms with Crippen molar-refractivity contribution >= 4 is 65.3 Å². The highest BCUT2D eigenvalue weighted by Crippen LogP contribution is 2.27. The number of ether oxygens (including phenoxy) is 1. The maximum absolute atomic E-state index is 4.80. The number of fused-ring (bicyclic) bond motifs is 8. The molecule has 0 amide bonds. The third-order valence-corrected chi connectivity index (χ3v) is 8.59. The van der Waals surface area contributed by atoms with Crippen molar-refractivity contribution in [3.63, 3.8) is 0 Å². The maximum atomic E-state index is 4.80. The second kappa shape index (κ2) is 15.1. The number of aryl methyl sites for hydroxylation is 1. The average Bonchev–Trinajstić information content (AvgIpc) is 3.49. The van der Waals surface area contributed by atoms with Crippen LogP contribution < -0.4 is 4.74 Å². The predicted octanol–water partition coefficient (Wildman–Crippen LogP) is 11.2. The van der Waals surface area contributed by atoms with Gasteiger partial charge in [-0.1, -0.05) is 121 Å². The van der Waals surface area contributed by atoms with E-state index in [0.717, 1.165) is 16.6 Å². The smallest absolute Gasteiger partial charge is 0.212 e. The fourth-order valence-corrected chi connectivity index (χ4v) is 6.11. The van der Waals surface area contributed by atoms with Gasteiger partial charge in [0.2, 0.25) is 5.88 Å². The van der Waals surface area contributed by atoms with Crippen molar-refractivity contribution in [1.29, 1.82) is 0 Å². The van der Waals surface area contributed by atoms with E-state index in [1.54, 1.807) is 19.4 Å².